The topological polar surface area (TPSA) is 32.9 Å². The van der Waals surface area contributed by atoms with Gasteiger partial charge in [-0.3, -0.25) is 4.79 Å². The van der Waals surface area contributed by atoms with E-state index in [-0.39, 0.29) is 5.56 Å². The van der Waals surface area contributed by atoms with Gasteiger partial charge < -0.3 is 4.98 Å². The summed E-state index contributed by atoms with van der Waals surface area (Å²) in [5.41, 5.74) is 4.82. The van der Waals surface area contributed by atoms with E-state index in [1.807, 2.05) is 24.3 Å². The van der Waals surface area contributed by atoms with Gasteiger partial charge in [-0.05, 0) is 41.8 Å². The summed E-state index contributed by atoms with van der Waals surface area (Å²) in [7, 11) is 0. The zero-order valence-electron chi connectivity index (χ0n) is 11.1. The smallest absolute Gasteiger partial charge is 0.256 e. The maximum atomic E-state index is 12.3. The highest BCUT2D eigenvalue weighted by Gasteiger charge is 2.17. The summed E-state index contributed by atoms with van der Waals surface area (Å²) in [5.74, 6) is 0. The fraction of sp³-hybridized carbons (Fsp3) is 0.167. The molecule has 0 atom stereocenters. The highest BCUT2D eigenvalue weighted by Crippen LogP contribution is 2.33. The lowest BCUT2D eigenvalue weighted by molar-refractivity contribution is 0.837. The number of pyridine rings is 1. The van der Waals surface area contributed by atoms with Crippen LogP contribution >= 0.6 is 0 Å². The molecule has 0 bridgehead atoms. The molecular formula is C18H15NO. The Balaban J connectivity index is 2.15. The average molecular weight is 261 g/mol. The number of aromatic nitrogens is 1. The number of aryl methyl sites for hydroxylation is 2. The van der Waals surface area contributed by atoms with Crippen molar-refractivity contribution in [2.45, 2.75) is 19.3 Å². The Morgan fingerprint density at radius 2 is 1.60 bits per heavy atom. The molecule has 0 fully saturated rings. The Kier molecular flexibility index (Phi) is 2.49. The van der Waals surface area contributed by atoms with Crippen LogP contribution < -0.4 is 5.56 Å². The van der Waals surface area contributed by atoms with Gasteiger partial charge in [0.1, 0.15) is 0 Å². The van der Waals surface area contributed by atoms with Crippen LogP contribution in [0.1, 0.15) is 17.5 Å². The first-order valence-electron chi connectivity index (χ1n) is 7.07. The van der Waals surface area contributed by atoms with Crippen molar-refractivity contribution in [3.05, 3.63) is 70.0 Å². The summed E-state index contributed by atoms with van der Waals surface area (Å²) in [6.45, 7) is 0. The van der Waals surface area contributed by atoms with E-state index in [4.69, 9.17) is 0 Å². The van der Waals surface area contributed by atoms with Crippen LogP contribution in [0.25, 0.3) is 22.0 Å². The second-order valence-electron chi connectivity index (χ2n) is 5.36. The van der Waals surface area contributed by atoms with Crippen LogP contribution in [0.2, 0.25) is 0 Å². The molecule has 0 amide bonds. The highest BCUT2D eigenvalue weighted by atomic mass is 16.1. The van der Waals surface area contributed by atoms with E-state index in [9.17, 15) is 4.79 Å². The molecule has 0 unspecified atom stereocenters. The lowest BCUT2D eigenvalue weighted by atomic mass is 9.98. The zero-order valence-corrected chi connectivity index (χ0v) is 11.1. The van der Waals surface area contributed by atoms with E-state index < -0.39 is 0 Å². The zero-order chi connectivity index (χ0) is 13.5. The van der Waals surface area contributed by atoms with Crippen molar-refractivity contribution in [1.82, 2.24) is 4.98 Å². The van der Waals surface area contributed by atoms with Gasteiger partial charge in [-0.25, -0.2) is 0 Å². The van der Waals surface area contributed by atoms with Gasteiger partial charge in [0.05, 0.1) is 5.69 Å². The molecule has 1 N–H and O–H groups in total. The molecule has 4 rings (SSSR count). The maximum absolute atomic E-state index is 12.3. The third-order valence-electron chi connectivity index (χ3n) is 4.20. The third-order valence-corrected chi connectivity index (χ3v) is 4.20. The minimum Gasteiger partial charge on any atom is -0.321 e. The van der Waals surface area contributed by atoms with Crippen LogP contribution in [0.15, 0.2) is 53.3 Å². The standard InChI is InChI=1S/C18H15NO/c20-18-16-10-4-3-9-14(16)15-11-5-7-12-6-1-2-8-13(12)17(15)19-18/h1-4,6,8-10H,5,7,11H2,(H,19,20). The van der Waals surface area contributed by atoms with Crippen molar-refractivity contribution in [3.63, 3.8) is 0 Å². The minimum atomic E-state index is 0.0102. The third kappa shape index (κ3) is 1.61. The van der Waals surface area contributed by atoms with E-state index in [2.05, 4.69) is 29.2 Å². The van der Waals surface area contributed by atoms with Crippen LogP contribution in [0.4, 0.5) is 0 Å². The Morgan fingerprint density at radius 1 is 0.850 bits per heavy atom. The second-order valence-corrected chi connectivity index (χ2v) is 5.36. The van der Waals surface area contributed by atoms with Gasteiger partial charge in [0.25, 0.3) is 5.56 Å². The summed E-state index contributed by atoms with van der Waals surface area (Å²) in [4.78, 5) is 15.4. The Morgan fingerprint density at radius 3 is 2.50 bits per heavy atom. The normalized spacial score (nSPS) is 13.6. The fourth-order valence-corrected chi connectivity index (χ4v) is 3.26. The van der Waals surface area contributed by atoms with Gasteiger partial charge >= 0.3 is 0 Å². The summed E-state index contributed by atoms with van der Waals surface area (Å²) in [6, 6.07) is 16.3. The summed E-state index contributed by atoms with van der Waals surface area (Å²) < 4.78 is 0. The molecule has 2 aromatic carbocycles. The summed E-state index contributed by atoms with van der Waals surface area (Å²) in [6.07, 6.45) is 3.21. The van der Waals surface area contributed by atoms with Crippen molar-refractivity contribution < 1.29 is 0 Å². The van der Waals surface area contributed by atoms with Crippen molar-refractivity contribution >= 4 is 10.8 Å². The molecule has 3 aromatic rings. The molecule has 0 saturated heterocycles. The van der Waals surface area contributed by atoms with Gasteiger partial charge in [0.15, 0.2) is 0 Å². The first-order chi connectivity index (χ1) is 9.84. The van der Waals surface area contributed by atoms with E-state index in [1.54, 1.807) is 0 Å². The number of hydrogen-bond donors (Lipinski definition) is 1. The Hall–Kier alpha value is -2.35. The predicted molar refractivity (Wildman–Crippen MR) is 82.0 cm³/mol. The summed E-state index contributed by atoms with van der Waals surface area (Å²) >= 11 is 0. The molecule has 0 radical (unpaired) electrons. The summed E-state index contributed by atoms with van der Waals surface area (Å²) in [5, 5.41) is 1.90. The van der Waals surface area contributed by atoms with Gasteiger partial charge in [0.2, 0.25) is 0 Å². The first-order valence-corrected chi connectivity index (χ1v) is 7.07. The van der Waals surface area contributed by atoms with Crippen molar-refractivity contribution in [3.8, 4) is 11.3 Å². The molecule has 1 aliphatic rings. The predicted octanol–water partition coefficient (Wildman–Crippen LogP) is 3.68. The number of benzene rings is 2. The molecular weight excluding hydrogens is 246 g/mol. The van der Waals surface area contributed by atoms with Crippen LogP contribution in [-0.4, -0.2) is 4.98 Å². The monoisotopic (exact) mass is 261 g/mol. The van der Waals surface area contributed by atoms with Crippen LogP contribution in [0, 0.1) is 0 Å². The van der Waals surface area contributed by atoms with Crippen LogP contribution in [0.3, 0.4) is 0 Å². The van der Waals surface area contributed by atoms with Gasteiger partial charge in [-0.15, -0.1) is 0 Å². The van der Waals surface area contributed by atoms with Crippen molar-refractivity contribution in [2.75, 3.05) is 0 Å². The number of nitrogens with one attached hydrogen (secondary N) is 1. The van der Waals surface area contributed by atoms with Crippen LogP contribution in [0.5, 0.6) is 0 Å². The van der Waals surface area contributed by atoms with Gasteiger partial charge in [-0.2, -0.15) is 0 Å². The van der Waals surface area contributed by atoms with Crippen molar-refractivity contribution in [1.29, 1.82) is 0 Å². The minimum absolute atomic E-state index is 0.0102. The molecule has 2 nitrogen and oxygen atoms in total. The molecule has 0 aliphatic heterocycles. The largest absolute Gasteiger partial charge is 0.321 e. The van der Waals surface area contributed by atoms with E-state index >= 15 is 0 Å². The lowest BCUT2D eigenvalue weighted by Crippen LogP contribution is -2.10. The highest BCUT2D eigenvalue weighted by molar-refractivity contribution is 5.90. The molecule has 0 saturated carbocycles. The SMILES string of the molecule is O=c1[nH]c2c(c3ccccc13)CCCc1ccccc1-2. The van der Waals surface area contributed by atoms with E-state index in [0.717, 1.165) is 35.7 Å². The quantitative estimate of drug-likeness (QED) is 0.658. The number of H-pyrrole nitrogens is 1. The average Bonchev–Trinajstić information content (AvgIpc) is 2.68. The van der Waals surface area contributed by atoms with Crippen molar-refractivity contribution in [2.24, 2.45) is 0 Å². The number of aromatic amines is 1. The van der Waals surface area contributed by atoms with Gasteiger partial charge in [0, 0.05) is 10.9 Å². The molecule has 2 heteroatoms. The van der Waals surface area contributed by atoms with E-state index in [1.165, 1.54) is 16.7 Å². The first kappa shape index (κ1) is 11.5. The maximum Gasteiger partial charge on any atom is 0.256 e. The number of rotatable bonds is 0. The second kappa shape index (κ2) is 4.34. The van der Waals surface area contributed by atoms with Crippen LogP contribution in [-0.2, 0) is 12.8 Å². The molecule has 20 heavy (non-hydrogen) atoms. The Bertz CT molecular complexity index is 861. The molecule has 1 aliphatic carbocycles. The Labute approximate surface area is 117 Å². The molecule has 1 heterocycles. The van der Waals surface area contributed by atoms with Gasteiger partial charge in [-0.1, -0.05) is 42.5 Å². The molecule has 1 aromatic heterocycles. The number of fused-ring (bicyclic) bond motifs is 5. The molecule has 98 valence electrons. The fourth-order valence-electron chi connectivity index (χ4n) is 3.26. The number of hydrogen-bond acceptors (Lipinski definition) is 1. The van der Waals surface area contributed by atoms with E-state index in [0.29, 0.717) is 0 Å². The molecule has 0 spiro atoms. The lowest BCUT2D eigenvalue weighted by Gasteiger charge is -2.11.